The third-order valence-electron chi connectivity index (χ3n) is 4.27. The summed E-state index contributed by atoms with van der Waals surface area (Å²) in [5.41, 5.74) is 0. The van der Waals surface area contributed by atoms with Crippen LogP contribution in [0.25, 0.3) is 0 Å². The zero-order valence-electron chi connectivity index (χ0n) is 11.0. The van der Waals surface area contributed by atoms with Gasteiger partial charge in [0.1, 0.15) is 0 Å². The van der Waals surface area contributed by atoms with E-state index in [-0.39, 0.29) is 0 Å². The Morgan fingerprint density at radius 3 is 2.44 bits per heavy atom. The van der Waals surface area contributed by atoms with Crippen LogP contribution in [0.1, 0.15) is 45.4 Å². The van der Waals surface area contributed by atoms with Crippen molar-refractivity contribution < 1.29 is 0 Å². The maximum absolute atomic E-state index is 3.70. The maximum atomic E-state index is 3.70. The monoisotopic (exact) mass is 224 g/mol. The smallest absolute Gasteiger partial charge is 0.00413 e. The number of rotatable bonds is 6. The standard InChI is InChI=1S/C14H28N2/c1-12(11-14-3-4-14)15-8-5-13-6-9-16(2)10-7-13/h12-15H,3-11H2,1-2H3. The molecule has 1 aliphatic heterocycles. The van der Waals surface area contributed by atoms with Gasteiger partial charge in [0.15, 0.2) is 0 Å². The van der Waals surface area contributed by atoms with Crippen LogP contribution in [0.5, 0.6) is 0 Å². The van der Waals surface area contributed by atoms with Gasteiger partial charge in [0.05, 0.1) is 0 Å². The lowest BCUT2D eigenvalue weighted by atomic mass is 9.94. The van der Waals surface area contributed by atoms with Crippen LogP contribution in [0.2, 0.25) is 0 Å². The van der Waals surface area contributed by atoms with Gasteiger partial charge in [-0.1, -0.05) is 12.8 Å². The van der Waals surface area contributed by atoms with Gasteiger partial charge in [-0.25, -0.2) is 0 Å². The van der Waals surface area contributed by atoms with Crippen LogP contribution >= 0.6 is 0 Å². The van der Waals surface area contributed by atoms with Crippen LogP contribution in [0, 0.1) is 11.8 Å². The molecule has 0 aromatic carbocycles. The van der Waals surface area contributed by atoms with E-state index in [1.807, 2.05) is 0 Å². The molecule has 1 aliphatic carbocycles. The highest BCUT2D eigenvalue weighted by atomic mass is 15.1. The van der Waals surface area contributed by atoms with Crippen LogP contribution < -0.4 is 5.32 Å². The summed E-state index contributed by atoms with van der Waals surface area (Å²) in [6, 6.07) is 0.749. The molecule has 0 amide bonds. The first-order chi connectivity index (χ1) is 7.74. The first-order valence-corrected chi connectivity index (χ1v) is 7.16. The Balaban J connectivity index is 1.50. The van der Waals surface area contributed by atoms with Crippen molar-refractivity contribution >= 4 is 0 Å². The first kappa shape index (κ1) is 12.4. The molecule has 2 rings (SSSR count). The molecule has 1 N–H and O–H groups in total. The Bertz CT molecular complexity index is 193. The molecule has 2 fully saturated rings. The fourth-order valence-corrected chi connectivity index (χ4v) is 2.82. The first-order valence-electron chi connectivity index (χ1n) is 7.16. The van der Waals surface area contributed by atoms with Crippen molar-refractivity contribution in [1.29, 1.82) is 0 Å². The third kappa shape index (κ3) is 4.42. The van der Waals surface area contributed by atoms with Gasteiger partial charge < -0.3 is 10.2 Å². The van der Waals surface area contributed by atoms with Crippen LogP contribution in [0.15, 0.2) is 0 Å². The van der Waals surface area contributed by atoms with Crippen LogP contribution in [0.3, 0.4) is 0 Å². The van der Waals surface area contributed by atoms with Gasteiger partial charge >= 0.3 is 0 Å². The van der Waals surface area contributed by atoms with Crippen molar-refractivity contribution in [1.82, 2.24) is 10.2 Å². The molecule has 16 heavy (non-hydrogen) atoms. The van der Waals surface area contributed by atoms with E-state index >= 15 is 0 Å². The van der Waals surface area contributed by atoms with Crippen molar-refractivity contribution in [3.05, 3.63) is 0 Å². The van der Waals surface area contributed by atoms with Crippen molar-refractivity contribution in [2.45, 2.75) is 51.5 Å². The zero-order chi connectivity index (χ0) is 11.4. The average molecular weight is 224 g/mol. The van der Waals surface area contributed by atoms with Gasteiger partial charge in [0.25, 0.3) is 0 Å². The second-order valence-electron chi connectivity index (χ2n) is 6.07. The molecule has 2 aliphatic rings. The minimum absolute atomic E-state index is 0.749. The number of piperidine rings is 1. The molecule has 0 spiro atoms. The fraction of sp³-hybridized carbons (Fsp3) is 1.00. The second-order valence-corrected chi connectivity index (χ2v) is 6.07. The summed E-state index contributed by atoms with van der Waals surface area (Å²) in [7, 11) is 2.24. The predicted octanol–water partition coefficient (Wildman–Crippen LogP) is 2.50. The Hall–Kier alpha value is -0.0800. The van der Waals surface area contributed by atoms with Crippen molar-refractivity contribution in [3.8, 4) is 0 Å². The molecule has 0 aromatic rings. The van der Waals surface area contributed by atoms with Crippen molar-refractivity contribution in [2.24, 2.45) is 11.8 Å². The summed E-state index contributed by atoms with van der Waals surface area (Å²) in [6.07, 6.45) is 8.60. The van der Waals surface area contributed by atoms with Crippen LogP contribution in [0.4, 0.5) is 0 Å². The minimum atomic E-state index is 0.749. The van der Waals surface area contributed by atoms with Gasteiger partial charge in [-0.3, -0.25) is 0 Å². The minimum Gasteiger partial charge on any atom is -0.314 e. The molecule has 94 valence electrons. The summed E-state index contributed by atoms with van der Waals surface area (Å²) in [4.78, 5) is 2.46. The van der Waals surface area contributed by atoms with Gasteiger partial charge in [-0.05, 0) is 71.1 Å². The molecule has 1 unspecified atom stereocenters. The predicted molar refractivity (Wildman–Crippen MR) is 69.6 cm³/mol. The largest absolute Gasteiger partial charge is 0.314 e. The molecule has 0 bridgehead atoms. The highest BCUT2D eigenvalue weighted by Gasteiger charge is 2.23. The third-order valence-corrected chi connectivity index (χ3v) is 4.27. The van der Waals surface area contributed by atoms with E-state index in [0.717, 1.165) is 17.9 Å². The van der Waals surface area contributed by atoms with E-state index in [0.29, 0.717) is 0 Å². The van der Waals surface area contributed by atoms with Crippen LogP contribution in [-0.4, -0.2) is 37.6 Å². The quantitative estimate of drug-likeness (QED) is 0.746. The number of nitrogens with zero attached hydrogens (tertiary/aromatic N) is 1. The topological polar surface area (TPSA) is 15.3 Å². The highest BCUT2D eigenvalue weighted by Crippen LogP contribution is 2.33. The second kappa shape index (κ2) is 6.02. The maximum Gasteiger partial charge on any atom is 0.00413 e. The van der Waals surface area contributed by atoms with Crippen molar-refractivity contribution in [3.63, 3.8) is 0 Å². The SMILES string of the molecule is CC(CC1CC1)NCCC1CCN(C)CC1. The Morgan fingerprint density at radius 2 is 1.81 bits per heavy atom. The Labute approximate surface area is 101 Å². The zero-order valence-corrected chi connectivity index (χ0v) is 11.0. The normalized spacial score (nSPS) is 25.9. The highest BCUT2D eigenvalue weighted by molar-refractivity contribution is 4.78. The summed E-state index contributed by atoms with van der Waals surface area (Å²) in [6.45, 7) is 6.21. The number of hydrogen-bond donors (Lipinski definition) is 1. The summed E-state index contributed by atoms with van der Waals surface area (Å²) in [5.74, 6) is 2.04. The molecule has 0 aromatic heterocycles. The van der Waals surface area contributed by atoms with E-state index < -0.39 is 0 Å². The van der Waals surface area contributed by atoms with E-state index in [2.05, 4.69) is 24.2 Å². The van der Waals surface area contributed by atoms with E-state index in [9.17, 15) is 0 Å². The molecule has 1 saturated heterocycles. The number of hydrogen-bond acceptors (Lipinski definition) is 2. The number of nitrogens with one attached hydrogen (secondary N) is 1. The molecular weight excluding hydrogens is 196 g/mol. The van der Waals surface area contributed by atoms with Gasteiger partial charge in [0.2, 0.25) is 0 Å². The van der Waals surface area contributed by atoms with Gasteiger partial charge in [-0.2, -0.15) is 0 Å². The molecule has 1 saturated carbocycles. The lowest BCUT2D eigenvalue weighted by Gasteiger charge is -2.29. The summed E-state index contributed by atoms with van der Waals surface area (Å²) < 4.78 is 0. The molecule has 1 heterocycles. The molecular formula is C14H28N2. The molecule has 0 radical (unpaired) electrons. The Kier molecular flexibility index (Phi) is 4.66. The lowest BCUT2D eigenvalue weighted by Crippen LogP contribution is -2.33. The van der Waals surface area contributed by atoms with E-state index in [1.54, 1.807) is 0 Å². The molecule has 2 heteroatoms. The fourth-order valence-electron chi connectivity index (χ4n) is 2.82. The average Bonchev–Trinajstić information content (AvgIpc) is 3.05. The molecule has 1 atom stereocenters. The number of likely N-dealkylation sites (tertiary alicyclic amines) is 1. The lowest BCUT2D eigenvalue weighted by molar-refractivity contribution is 0.210. The summed E-state index contributed by atoms with van der Waals surface area (Å²) in [5, 5.41) is 3.70. The summed E-state index contributed by atoms with van der Waals surface area (Å²) >= 11 is 0. The van der Waals surface area contributed by atoms with E-state index in [4.69, 9.17) is 0 Å². The molecule has 2 nitrogen and oxygen atoms in total. The Morgan fingerprint density at radius 1 is 1.12 bits per heavy atom. The van der Waals surface area contributed by atoms with E-state index in [1.165, 1.54) is 58.2 Å². The van der Waals surface area contributed by atoms with Crippen molar-refractivity contribution in [2.75, 3.05) is 26.7 Å². The van der Waals surface area contributed by atoms with Gasteiger partial charge in [-0.15, -0.1) is 0 Å². The van der Waals surface area contributed by atoms with Crippen LogP contribution in [-0.2, 0) is 0 Å². The van der Waals surface area contributed by atoms with Gasteiger partial charge in [0, 0.05) is 6.04 Å².